The first-order valence-corrected chi connectivity index (χ1v) is 6.56. The van der Waals surface area contributed by atoms with Gasteiger partial charge in [-0.3, -0.25) is 0 Å². The molecule has 1 nitrogen and oxygen atoms in total. The predicted molar refractivity (Wildman–Crippen MR) is 68.9 cm³/mol. The lowest BCUT2D eigenvalue weighted by Crippen LogP contribution is -2.02. The second-order valence-electron chi connectivity index (χ2n) is 4.18. The Morgan fingerprint density at radius 1 is 1.22 bits per heavy atom. The van der Waals surface area contributed by atoms with Gasteiger partial charge in [-0.1, -0.05) is 6.92 Å². The maximum atomic E-state index is 13.7. The first-order valence-electron chi connectivity index (χ1n) is 5.75. The van der Waals surface area contributed by atoms with E-state index in [0.717, 1.165) is 17.4 Å². The molecule has 0 bridgehead atoms. The van der Waals surface area contributed by atoms with Crippen LogP contribution in [0.5, 0.6) is 0 Å². The predicted octanol–water partition coefficient (Wildman–Crippen LogP) is 3.98. The number of aliphatic hydroxyl groups is 1. The third kappa shape index (κ3) is 2.44. The van der Waals surface area contributed by atoms with Crippen LogP contribution in [0.2, 0.25) is 0 Å². The van der Waals surface area contributed by atoms with E-state index in [-0.39, 0.29) is 5.56 Å². The zero-order valence-corrected chi connectivity index (χ0v) is 11.0. The molecule has 0 fully saturated rings. The Kier molecular flexibility index (Phi) is 3.78. The van der Waals surface area contributed by atoms with E-state index in [9.17, 15) is 13.9 Å². The van der Waals surface area contributed by atoms with Gasteiger partial charge in [-0.15, -0.1) is 11.3 Å². The molecule has 1 heterocycles. The van der Waals surface area contributed by atoms with Gasteiger partial charge >= 0.3 is 0 Å². The SMILES string of the molecule is CCc1ccc(C(O)c2cc(C)c(F)cc2F)s1. The zero-order valence-electron chi connectivity index (χ0n) is 10.2. The Morgan fingerprint density at radius 3 is 2.56 bits per heavy atom. The normalized spacial score (nSPS) is 12.7. The number of hydrogen-bond acceptors (Lipinski definition) is 2. The Labute approximate surface area is 109 Å². The first kappa shape index (κ1) is 13.2. The van der Waals surface area contributed by atoms with Gasteiger partial charge in [0, 0.05) is 21.4 Å². The van der Waals surface area contributed by atoms with Crippen molar-refractivity contribution >= 4 is 11.3 Å². The summed E-state index contributed by atoms with van der Waals surface area (Å²) in [6.45, 7) is 3.57. The Bertz CT molecular complexity index is 563. The number of thiophene rings is 1. The molecule has 0 amide bonds. The minimum Gasteiger partial charge on any atom is -0.383 e. The molecule has 4 heteroatoms. The summed E-state index contributed by atoms with van der Waals surface area (Å²) in [5.41, 5.74) is 0.455. The van der Waals surface area contributed by atoms with Gasteiger partial charge in [-0.2, -0.15) is 0 Å². The van der Waals surface area contributed by atoms with E-state index in [4.69, 9.17) is 0 Å². The van der Waals surface area contributed by atoms with Crippen molar-refractivity contribution < 1.29 is 13.9 Å². The molecule has 0 spiro atoms. The summed E-state index contributed by atoms with van der Waals surface area (Å²) in [6.07, 6.45) is -0.155. The average Bonchev–Trinajstić information content (AvgIpc) is 2.81. The lowest BCUT2D eigenvalue weighted by molar-refractivity contribution is 0.218. The molecule has 0 radical (unpaired) electrons. The highest BCUT2D eigenvalue weighted by molar-refractivity contribution is 7.12. The lowest BCUT2D eigenvalue weighted by Gasteiger charge is -2.11. The number of halogens is 2. The molecule has 96 valence electrons. The summed E-state index contributed by atoms with van der Waals surface area (Å²) in [5.74, 6) is -1.30. The van der Waals surface area contributed by atoms with Crippen molar-refractivity contribution in [1.29, 1.82) is 0 Å². The Hall–Kier alpha value is -1.26. The summed E-state index contributed by atoms with van der Waals surface area (Å²) in [6, 6.07) is 5.88. The van der Waals surface area contributed by atoms with Crippen LogP contribution in [-0.4, -0.2) is 5.11 Å². The number of benzene rings is 1. The molecule has 1 unspecified atom stereocenters. The number of rotatable bonds is 3. The van der Waals surface area contributed by atoms with Crippen LogP contribution in [0.3, 0.4) is 0 Å². The standard InChI is InChI=1S/C14H14F2OS/c1-3-9-4-5-13(18-9)14(17)10-6-8(2)11(15)7-12(10)16/h4-7,14,17H,3H2,1-2H3. The molecule has 2 rings (SSSR count). The van der Waals surface area contributed by atoms with Crippen LogP contribution in [0, 0.1) is 18.6 Å². The molecule has 1 atom stereocenters. The number of hydrogen-bond donors (Lipinski definition) is 1. The molecule has 0 aliphatic rings. The number of aryl methyl sites for hydroxylation is 2. The molecule has 0 saturated carbocycles. The highest BCUT2D eigenvalue weighted by Gasteiger charge is 2.18. The second-order valence-corrected chi connectivity index (χ2v) is 5.38. The van der Waals surface area contributed by atoms with Crippen molar-refractivity contribution in [2.75, 3.05) is 0 Å². The minimum atomic E-state index is -1.03. The quantitative estimate of drug-likeness (QED) is 0.892. The summed E-state index contributed by atoms with van der Waals surface area (Å²) in [4.78, 5) is 1.81. The highest BCUT2D eigenvalue weighted by Crippen LogP contribution is 2.31. The summed E-state index contributed by atoms with van der Waals surface area (Å²) >= 11 is 1.44. The van der Waals surface area contributed by atoms with Crippen LogP contribution in [0.1, 0.15) is 33.9 Å². The van der Waals surface area contributed by atoms with Crippen LogP contribution in [-0.2, 0) is 6.42 Å². The fourth-order valence-electron chi connectivity index (χ4n) is 1.77. The minimum absolute atomic E-state index is 0.124. The van der Waals surface area contributed by atoms with Crippen molar-refractivity contribution in [3.05, 3.63) is 56.8 Å². The highest BCUT2D eigenvalue weighted by atomic mass is 32.1. The van der Waals surface area contributed by atoms with Crippen molar-refractivity contribution in [1.82, 2.24) is 0 Å². The molecule has 1 aromatic heterocycles. The van der Waals surface area contributed by atoms with Crippen molar-refractivity contribution in [3.63, 3.8) is 0 Å². The van der Waals surface area contributed by atoms with Gasteiger partial charge < -0.3 is 5.11 Å². The molecule has 18 heavy (non-hydrogen) atoms. The van der Waals surface area contributed by atoms with E-state index in [1.54, 1.807) is 13.0 Å². The topological polar surface area (TPSA) is 20.2 Å². The zero-order chi connectivity index (χ0) is 13.3. The molecule has 1 N–H and O–H groups in total. The fraction of sp³-hybridized carbons (Fsp3) is 0.286. The average molecular weight is 268 g/mol. The van der Waals surface area contributed by atoms with E-state index in [0.29, 0.717) is 10.4 Å². The van der Waals surface area contributed by atoms with Gasteiger partial charge in [0.15, 0.2) is 0 Å². The van der Waals surface area contributed by atoms with Gasteiger partial charge in [0.2, 0.25) is 0 Å². The van der Waals surface area contributed by atoms with E-state index < -0.39 is 17.7 Å². The van der Waals surface area contributed by atoms with Crippen LogP contribution in [0.25, 0.3) is 0 Å². The van der Waals surface area contributed by atoms with Crippen molar-refractivity contribution in [2.24, 2.45) is 0 Å². The van der Waals surface area contributed by atoms with Crippen LogP contribution < -0.4 is 0 Å². The summed E-state index contributed by atoms with van der Waals surface area (Å²) in [7, 11) is 0. The van der Waals surface area contributed by atoms with E-state index in [1.165, 1.54) is 17.4 Å². The largest absolute Gasteiger partial charge is 0.383 e. The Morgan fingerprint density at radius 2 is 1.94 bits per heavy atom. The Balaban J connectivity index is 2.39. The van der Waals surface area contributed by atoms with E-state index in [1.807, 2.05) is 13.0 Å². The molecule has 0 aliphatic heterocycles. The second kappa shape index (κ2) is 5.16. The van der Waals surface area contributed by atoms with E-state index in [2.05, 4.69) is 0 Å². The maximum Gasteiger partial charge on any atom is 0.132 e. The molecule has 0 saturated heterocycles. The third-order valence-corrected chi connectivity index (χ3v) is 4.15. The summed E-state index contributed by atoms with van der Waals surface area (Å²) in [5, 5.41) is 10.1. The van der Waals surface area contributed by atoms with Gasteiger partial charge in [0.25, 0.3) is 0 Å². The molecule has 0 aliphatic carbocycles. The van der Waals surface area contributed by atoms with Crippen LogP contribution >= 0.6 is 11.3 Å². The fourth-order valence-corrected chi connectivity index (χ4v) is 2.73. The van der Waals surface area contributed by atoms with Crippen molar-refractivity contribution in [2.45, 2.75) is 26.4 Å². The van der Waals surface area contributed by atoms with E-state index >= 15 is 0 Å². The monoisotopic (exact) mass is 268 g/mol. The molecule has 1 aromatic carbocycles. The number of aliphatic hydroxyl groups excluding tert-OH is 1. The maximum absolute atomic E-state index is 13.7. The van der Waals surface area contributed by atoms with Crippen molar-refractivity contribution in [3.8, 4) is 0 Å². The lowest BCUT2D eigenvalue weighted by atomic mass is 10.0. The smallest absolute Gasteiger partial charge is 0.132 e. The van der Waals surface area contributed by atoms with Crippen LogP contribution in [0.4, 0.5) is 8.78 Å². The van der Waals surface area contributed by atoms with Gasteiger partial charge in [-0.25, -0.2) is 8.78 Å². The van der Waals surface area contributed by atoms with Crippen LogP contribution in [0.15, 0.2) is 24.3 Å². The first-order chi connectivity index (χ1) is 8.52. The molecule has 2 aromatic rings. The molecular weight excluding hydrogens is 254 g/mol. The summed E-state index contributed by atoms with van der Waals surface area (Å²) < 4.78 is 26.8. The van der Waals surface area contributed by atoms with Gasteiger partial charge in [-0.05, 0) is 37.1 Å². The third-order valence-electron chi connectivity index (χ3n) is 2.87. The molecular formula is C14H14F2OS. The van der Waals surface area contributed by atoms with Gasteiger partial charge in [0.05, 0.1) is 0 Å². The van der Waals surface area contributed by atoms with Gasteiger partial charge in [0.1, 0.15) is 17.7 Å².